The molecule has 72 valence electrons. The molecule has 0 unspecified atom stereocenters. The fraction of sp³-hybridized carbons (Fsp3) is 0. The van der Waals surface area contributed by atoms with Gasteiger partial charge in [0.15, 0.2) is 16.1 Å². The van der Waals surface area contributed by atoms with Gasteiger partial charge in [0.25, 0.3) is 0 Å². The van der Waals surface area contributed by atoms with Crippen LogP contribution in [0.4, 0.5) is 5.82 Å². The first-order valence-corrected chi connectivity index (χ1v) is 3.71. The van der Waals surface area contributed by atoms with Crippen molar-refractivity contribution in [3.63, 3.8) is 0 Å². The number of aromatic nitrogens is 3. The Hall–Kier alpha value is -1.23. The molecule has 1 aromatic heterocycles. The lowest BCUT2D eigenvalue weighted by atomic mass is 10.8. The van der Waals surface area contributed by atoms with E-state index in [1.165, 1.54) is 6.20 Å². The van der Waals surface area contributed by atoms with Gasteiger partial charge in [-0.1, -0.05) is 0 Å². The number of nitrogens with one attached hydrogen (secondary N) is 1. The number of hydrogen-bond donors (Lipinski definition) is 4. The van der Waals surface area contributed by atoms with Gasteiger partial charge in [-0.2, -0.15) is 10.3 Å². The minimum Gasteiger partial charge on any atom is -0.736 e. The SMILES string of the molecule is NS(=O)(=O)[O-].Nc1cn[nH]n1.[NH4+]. The highest BCUT2D eigenvalue weighted by Crippen LogP contribution is 1.81. The zero-order valence-electron chi connectivity index (χ0n) is 6.26. The lowest BCUT2D eigenvalue weighted by Crippen LogP contribution is -2.08. The second-order valence-electron chi connectivity index (χ2n) is 1.39. The first-order valence-electron chi connectivity index (χ1n) is 2.24. The van der Waals surface area contributed by atoms with Crippen molar-refractivity contribution >= 4 is 16.1 Å². The number of hydrogen-bond acceptors (Lipinski definition) is 6. The molecule has 1 rings (SSSR count). The van der Waals surface area contributed by atoms with Crippen LogP contribution in [0.3, 0.4) is 0 Å². The Morgan fingerprint density at radius 1 is 1.58 bits per heavy atom. The van der Waals surface area contributed by atoms with E-state index in [2.05, 4.69) is 20.5 Å². The van der Waals surface area contributed by atoms with E-state index in [-0.39, 0.29) is 6.15 Å². The predicted octanol–water partition coefficient (Wildman–Crippen LogP) is -1.83. The lowest BCUT2D eigenvalue weighted by molar-refractivity contribution is 0.464. The summed E-state index contributed by atoms with van der Waals surface area (Å²) >= 11 is 0. The van der Waals surface area contributed by atoms with E-state index in [1.807, 2.05) is 0 Å². The van der Waals surface area contributed by atoms with Crippen molar-refractivity contribution in [1.82, 2.24) is 21.6 Å². The number of quaternary nitrogens is 1. The van der Waals surface area contributed by atoms with Crippen LogP contribution in [-0.4, -0.2) is 28.4 Å². The molecule has 1 aromatic rings. The zero-order chi connectivity index (χ0) is 8.91. The number of nitrogen functional groups attached to an aromatic ring is 1. The quantitative estimate of drug-likeness (QED) is 0.354. The molecule has 9 nitrogen and oxygen atoms in total. The standard InChI is InChI=1S/C2H4N4.H3NO3S.H3N/c3-2-1-4-6-5-2;1-5(2,3)4;/h1H,(H3,3,4,5,6);(H3,1,2,3,4);1H3. The van der Waals surface area contributed by atoms with Gasteiger partial charge in [0.2, 0.25) is 0 Å². The topological polar surface area (TPSA) is 187 Å². The molecule has 1 heterocycles. The molecular formula is C2H10N6O3S. The summed E-state index contributed by atoms with van der Waals surface area (Å²) in [7, 11) is -4.42. The molecule has 0 spiro atoms. The Bertz CT molecular complexity index is 270. The molecule has 12 heavy (non-hydrogen) atoms. The summed E-state index contributed by atoms with van der Waals surface area (Å²) in [4.78, 5) is 0. The minimum absolute atomic E-state index is 0. The van der Waals surface area contributed by atoms with Gasteiger partial charge in [-0.05, 0) is 0 Å². The van der Waals surface area contributed by atoms with Crippen molar-refractivity contribution in [1.29, 1.82) is 0 Å². The van der Waals surface area contributed by atoms with Crippen molar-refractivity contribution in [2.45, 2.75) is 0 Å². The first kappa shape index (κ1) is 13.4. The minimum atomic E-state index is -4.42. The van der Waals surface area contributed by atoms with Gasteiger partial charge in [-0.15, -0.1) is 5.10 Å². The van der Waals surface area contributed by atoms with Crippen molar-refractivity contribution in [3.8, 4) is 0 Å². The average Bonchev–Trinajstić information content (AvgIpc) is 2.12. The summed E-state index contributed by atoms with van der Waals surface area (Å²) in [5, 5.41) is 13.0. The Balaban J connectivity index is 0. The molecule has 9 N–H and O–H groups in total. The van der Waals surface area contributed by atoms with E-state index in [4.69, 9.17) is 18.7 Å². The summed E-state index contributed by atoms with van der Waals surface area (Å²) < 4.78 is 26.6. The highest BCUT2D eigenvalue weighted by Gasteiger charge is 1.76. The van der Waals surface area contributed by atoms with Crippen molar-refractivity contribution in [2.75, 3.05) is 5.73 Å². The Morgan fingerprint density at radius 3 is 2.08 bits per heavy atom. The molecule has 0 aliphatic heterocycles. The van der Waals surface area contributed by atoms with Gasteiger partial charge in [0.05, 0.1) is 6.20 Å². The van der Waals surface area contributed by atoms with Crippen LogP contribution >= 0.6 is 0 Å². The molecule has 0 saturated carbocycles. The molecular weight excluding hydrogens is 188 g/mol. The van der Waals surface area contributed by atoms with Crippen LogP contribution in [0.2, 0.25) is 0 Å². The fourth-order valence-corrected chi connectivity index (χ4v) is 0.210. The summed E-state index contributed by atoms with van der Waals surface area (Å²) in [6.07, 6.45) is 1.44. The van der Waals surface area contributed by atoms with Crippen molar-refractivity contribution < 1.29 is 13.0 Å². The van der Waals surface area contributed by atoms with Crippen LogP contribution in [0.5, 0.6) is 0 Å². The monoisotopic (exact) mass is 198 g/mol. The van der Waals surface area contributed by atoms with Gasteiger partial charge >= 0.3 is 0 Å². The molecule has 0 aliphatic rings. The molecule has 0 amide bonds. The summed E-state index contributed by atoms with van der Waals surface area (Å²) in [6, 6.07) is 0. The van der Waals surface area contributed by atoms with Crippen LogP contribution < -0.4 is 17.0 Å². The molecule has 0 aromatic carbocycles. The Labute approximate surface area is 68.6 Å². The van der Waals surface area contributed by atoms with Crippen molar-refractivity contribution in [2.24, 2.45) is 5.14 Å². The lowest BCUT2D eigenvalue weighted by Gasteiger charge is -1.90. The van der Waals surface area contributed by atoms with Gasteiger partial charge < -0.3 is 16.4 Å². The van der Waals surface area contributed by atoms with E-state index in [1.54, 1.807) is 0 Å². The summed E-state index contributed by atoms with van der Waals surface area (Å²) in [5.41, 5.74) is 5.07. The maximum atomic E-state index is 8.85. The molecule has 0 radical (unpaired) electrons. The molecule has 10 heteroatoms. The summed E-state index contributed by atoms with van der Waals surface area (Å²) in [6.45, 7) is 0. The first-order chi connectivity index (χ1) is 4.89. The predicted molar refractivity (Wildman–Crippen MR) is 40.7 cm³/mol. The molecule has 0 aliphatic carbocycles. The number of H-pyrrole nitrogens is 1. The number of anilines is 1. The summed E-state index contributed by atoms with van der Waals surface area (Å²) in [5.74, 6) is 0.426. The second kappa shape index (κ2) is 5.42. The van der Waals surface area contributed by atoms with Crippen LogP contribution in [0.25, 0.3) is 0 Å². The van der Waals surface area contributed by atoms with E-state index >= 15 is 0 Å². The highest BCUT2D eigenvalue weighted by molar-refractivity contribution is 7.83. The van der Waals surface area contributed by atoms with Crippen LogP contribution in [0.15, 0.2) is 6.20 Å². The van der Waals surface area contributed by atoms with E-state index < -0.39 is 10.3 Å². The highest BCUT2D eigenvalue weighted by atomic mass is 32.2. The zero-order valence-corrected chi connectivity index (χ0v) is 7.08. The maximum Gasteiger partial charge on any atom is 0.165 e. The van der Waals surface area contributed by atoms with Gasteiger partial charge in [-0.25, -0.2) is 13.6 Å². The normalized spacial score (nSPS) is 9.17. The van der Waals surface area contributed by atoms with E-state index in [9.17, 15) is 0 Å². The largest absolute Gasteiger partial charge is 0.736 e. The van der Waals surface area contributed by atoms with Gasteiger partial charge in [0.1, 0.15) is 0 Å². The number of aromatic amines is 1. The maximum absolute atomic E-state index is 8.85. The Kier molecular flexibility index (Phi) is 6.04. The number of nitrogens with two attached hydrogens (primary N) is 2. The number of nitrogens with zero attached hydrogens (tertiary/aromatic N) is 2. The molecule has 0 bridgehead atoms. The van der Waals surface area contributed by atoms with Gasteiger partial charge in [-0.3, -0.25) is 0 Å². The molecule has 0 atom stereocenters. The van der Waals surface area contributed by atoms with Crippen LogP contribution in [0, 0.1) is 0 Å². The van der Waals surface area contributed by atoms with Crippen LogP contribution in [-0.2, 0) is 10.3 Å². The third kappa shape index (κ3) is 15.9. The average molecular weight is 198 g/mol. The third-order valence-electron chi connectivity index (χ3n) is 0.434. The Morgan fingerprint density at radius 2 is 2.00 bits per heavy atom. The fourth-order valence-electron chi connectivity index (χ4n) is 0.210. The van der Waals surface area contributed by atoms with Crippen molar-refractivity contribution in [3.05, 3.63) is 6.20 Å². The van der Waals surface area contributed by atoms with E-state index in [0.29, 0.717) is 5.82 Å². The molecule has 0 saturated heterocycles. The van der Waals surface area contributed by atoms with Gasteiger partial charge in [0, 0.05) is 0 Å². The number of rotatable bonds is 0. The second-order valence-corrected chi connectivity index (χ2v) is 2.37. The molecule has 0 fully saturated rings. The van der Waals surface area contributed by atoms with E-state index in [0.717, 1.165) is 0 Å². The third-order valence-corrected chi connectivity index (χ3v) is 0.434. The van der Waals surface area contributed by atoms with Crippen LogP contribution in [0.1, 0.15) is 0 Å². The smallest absolute Gasteiger partial charge is 0.165 e.